The summed E-state index contributed by atoms with van der Waals surface area (Å²) in [5.74, 6) is -0.959. The van der Waals surface area contributed by atoms with Crippen LogP contribution in [0.3, 0.4) is 0 Å². The molecule has 0 saturated heterocycles. The average molecular weight is 1110 g/mol. The Bertz CT molecular complexity index is 3480. The van der Waals surface area contributed by atoms with Gasteiger partial charge in [0, 0.05) is 86.9 Å². The Morgan fingerprint density at radius 1 is 0.425 bits per heavy atom. The van der Waals surface area contributed by atoms with Gasteiger partial charge in [-0.05, 0) is 109 Å². The normalized spacial score (nSPS) is 10.6. The molecule has 0 spiro atoms. The van der Waals surface area contributed by atoms with Gasteiger partial charge in [0.1, 0.15) is 5.82 Å². The van der Waals surface area contributed by atoms with Crippen molar-refractivity contribution in [2.24, 2.45) is 0 Å². The number of rotatable bonds is 9. The molecule has 0 aliphatic rings. The van der Waals surface area contributed by atoms with Crippen molar-refractivity contribution in [1.29, 1.82) is 0 Å². The van der Waals surface area contributed by atoms with Crippen molar-refractivity contribution in [2.45, 2.75) is 0 Å². The van der Waals surface area contributed by atoms with E-state index in [2.05, 4.69) is 108 Å². The molecule has 20 heteroatoms. The summed E-state index contributed by atoms with van der Waals surface area (Å²) in [6.07, 6.45) is 9.55. The van der Waals surface area contributed by atoms with E-state index in [1.807, 2.05) is 35.9 Å². The van der Waals surface area contributed by atoms with E-state index < -0.39 is 23.9 Å². The number of carbonyl (C=O) groups is 4. The number of aromatic nitrogens is 8. The molecule has 11 rings (SSSR count). The third-order valence-corrected chi connectivity index (χ3v) is 14.2. The summed E-state index contributed by atoms with van der Waals surface area (Å²) < 4.78 is 18.6. The summed E-state index contributed by atoms with van der Waals surface area (Å²) in [5, 5.41) is 4.19. The zero-order valence-corrected chi connectivity index (χ0v) is 43.1. The fraction of sp³-hybridized carbons (Fsp3) is 0.0755. The van der Waals surface area contributed by atoms with Crippen LogP contribution < -0.4 is 0 Å². The van der Waals surface area contributed by atoms with E-state index in [0.29, 0.717) is 45.0 Å². The molecule has 0 unspecified atom stereocenters. The second kappa shape index (κ2) is 23.3. The van der Waals surface area contributed by atoms with E-state index in [1.54, 1.807) is 71.2 Å². The molecule has 0 fully saturated rings. The standard InChI is InChI=1S/C25H14N4S3.2C14H12N2O4.Ru/c1-4-14-21(26-11-1)22-15(5-2-12-27-22)24-23(14)28-25(29-24)20-10-9-19(32-20)18-8-7-17(31-18)16-6-3-13-30-16;2*1-19-13(17)9-3-5-15-11(7-9)12-8-10(4-6-16-12)14(18)20-2;/h1-13H,(H,28,29);2*3-8H,1-2H3;. The maximum atomic E-state index is 11.5. The quantitative estimate of drug-likeness (QED) is 0.0616. The van der Waals surface area contributed by atoms with E-state index in [1.165, 1.54) is 72.7 Å². The summed E-state index contributed by atoms with van der Waals surface area (Å²) in [7, 11) is 5.22. The molecule has 0 amide bonds. The smallest absolute Gasteiger partial charge is 0.337 e. The molecule has 1 N–H and O–H groups in total. The molecule has 1 aromatic carbocycles. The number of pyridine rings is 6. The van der Waals surface area contributed by atoms with Crippen molar-refractivity contribution in [3.63, 3.8) is 0 Å². The topological polar surface area (TPSA) is 211 Å². The van der Waals surface area contributed by atoms with Crippen LogP contribution in [0.5, 0.6) is 0 Å². The number of thiophene rings is 3. The Morgan fingerprint density at radius 3 is 1.25 bits per heavy atom. The van der Waals surface area contributed by atoms with Crippen LogP contribution in [-0.4, -0.2) is 92.2 Å². The van der Waals surface area contributed by atoms with Gasteiger partial charge < -0.3 is 23.9 Å². The van der Waals surface area contributed by atoms with Gasteiger partial charge in [0.05, 0.1) is 100 Å². The van der Waals surface area contributed by atoms with E-state index in [0.717, 1.165) is 43.5 Å². The van der Waals surface area contributed by atoms with Gasteiger partial charge in [-0.2, -0.15) is 0 Å². The number of nitrogens with one attached hydrogen (secondary N) is 1. The Hall–Kier alpha value is -8.29. The van der Waals surface area contributed by atoms with E-state index in [9.17, 15) is 19.2 Å². The molecular weight excluding hydrogens is 1070 g/mol. The fourth-order valence-corrected chi connectivity index (χ4v) is 10.2. The zero-order valence-electron chi connectivity index (χ0n) is 38.9. The number of hydrogen-bond acceptors (Lipinski definition) is 18. The van der Waals surface area contributed by atoms with Crippen LogP contribution in [-0.2, 0) is 38.4 Å². The second-order valence-corrected chi connectivity index (χ2v) is 18.2. The number of carbonyl (C=O) groups excluding carboxylic acids is 4. The molecule has 0 radical (unpaired) electrons. The van der Waals surface area contributed by atoms with Crippen LogP contribution in [0.25, 0.3) is 85.8 Å². The van der Waals surface area contributed by atoms with Crippen molar-refractivity contribution in [1.82, 2.24) is 39.9 Å². The Labute approximate surface area is 440 Å². The zero-order chi connectivity index (χ0) is 50.1. The first-order valence-corrected chi connectivity index (χ1v) is 24.1. The number of methoxy groups -OCH3 is 4. The maximum Gasteiger partial charge on any atom is 0.337 e. The van der Waals surface area contributed by atoms with Crippen LogP contribution in [0.2, 0.25) is 0 Å². The molecule has 0 bridgehead atoms. The second-order valence-electron chi connectivity index (χ2n) is 15.1. The minimum Gasteiger partial charge on any atom is -0.465 e. The molecule has 16 nitrogen and oxygen atoms in total. The molecular formula is C53H38N8O8RuS3. The molecule has 0 saturated carbocycles. The number of aromatic amines is 1. The Morgan fingerprint density at radius 2 is 0.822 bits per heavy atom. The first kappa shape index (κ1) is 51.1. The largest absolute Gasteiger partial charge is 0.465 e. The van der Waals surface area contributed by atoms with Crippen molar-refractivity contribution in [2.75, 3.05) is 28.4 Å². The maximum absolute atomic E-state index is 11.5. The van der Waals surface area contributed by atoms with Gasteiger partial charge >= 0.3 is 23.9 Å². The summed E-state index contributed by atoms with van der Waals surface area (Å²) in [5.41, 5.74) is 7.08. The van der Waals surface area contributed by atoms with Crippen LogP contribution in [0, 0.1) is 0 Å². The van der Waals surface area contributed by atoms with Crippen molar-refractivity contribution < 1.29 is 57.6 Å². The fourth-order valence-electron chi connectivity index (χ4n) is 7.34. The van der Waals surface area contributed by atoms with Gasteiger partial charge in [-0.15, -0.1) is 34.0 Å². The van der Waals surface area contributed by atoms with Crippen molar-refractivity contribution in [3.05, 3.63) is 174 Å². The summed E-state index contributed by atoms with van der Waals surface area (Å²) >= 11 is 5.38. The monoisotopic (exact) mass is 1110 g/mol. The predicted octanol–water partition coefficient (Wildman–Crippen LogP) is 11.3. The van der Waals surface area contributed by atoms with E-state index >= 15 is 0 Å². The summed E-state index contributed by atoms with van der Waals surface area (Å²) in [6, 6.07) is 33.5. The summed E-state index contributed by atoms with van der Waals surface area (Å²) in [4.78, 5) is 86.5. The predicted molar refractivity (Wildman–Crippen MR) is 277 cm³/mol. The van der Waals surface area contributed by atoms with Crippen LogP contribution >= 0.6 is 34.0 Å². The SMILES string of the molecule is COC(=O)c1ccnc(-c2cc(C(=O)OC)ccn2)c1.COC(=O)c1ccnc(-c2cc(C(=O)OC)ccn2)c1.[Ru].c1csc(-c2ccc(-c3ccc(-c4nc5c6cccnc6c6ncccc6c5[nH]4)s3)s2)c1. The molecule has 364 valence electrons. The number of esters is 4. The van der Waals surface area contributed by atoms with Crippen molar-refractivity contribution in [3.8, 4) is 53.0 Å². The van der Waals surface area contributed by atoms with Crippen LogP contribution in [0.15, 0.2) is 152 Å². The number of nitrogens with zero attached hydrogens (tertiary/aromatic N) is 7. The third-order valence-electron chi connectivity index (χ3n) is 10.8. The molecule has 73 heavy (non-hydrogen) atoms. The summed E-state index contributed by atoms with van der Waals surface area (Å²) in [6.45, 7) is 0. The van der Waals surface area contributed by atoms with Crippen LogP contribution in [0.4, 0.5) is 0 Å². The third kappa shape index (κ3) is 11.3. The van der Waals surface area contributed by atoms with Crippen LogP contribution in [0.1, 0.15) is 41.4 Å². The van der Waals surface area contributed by atoms with Gasteiger partial charge in [-0.3, -0.25) is 29.9 Å². The number of H-pyrrole nitrogens is 1. The number of benzene rings is 1. The van der Waals surface area contributed by atoms with E-state index in [-0.39, 0.29) is 19.5 Å². The Kier molecular flexibility index (Phi) is 16.3. The Balaban J connectivity index is 0.000000153. The number of imidazole rings is 1. The number of fused-ring (bicyclic) bond motifs is 6. The van der Waals surface area contributed by atoms with Gasteiger partial charge in [0.25, 0.3) is 0 Å². The van der Waals surface area contributed by atoms with Gasteiger partial charge in [-0.25, -0.2) is 24.2 Å². The van der Waals surface area contributed by atoms with E-state index in [4.69, 9.17) is 4.98 Å². The molecule has 0 aliphatic carbocycles. The van der Waals surface area contributed by atoms with Gasteiger partial charge in [-0.1, -0.05) is 6.07 Å². The first-order valence-electron chi connectivity index (χ1n) is 21.6. The molecule has 11 aromatic rings. The number of ether oxygens (including phenoxy) is 4. The van der Waals surface area contributed by atoms with Gasteiger partial charge in [0.15, 0.2) is 0 Å². The molecule has 10 aromatic heterocycles. The average Bonchev–Trinajstić information content (AvgIpc) is 4.31. The first-order chi connectivity index (χ1) is 35.2. The van der Waals surface area contributed by atoms with Gasteiger partial charge in [0.2, 0.25) is 0 Å². The minimum atomic E-state index is -0.460. The molecule has 10 heterocycles. The minimum absolute atomic E-state index is 0. The molecule has 0 aliphatic heterocycles. The molecule has 0 atom stereocenters. The van der Waals surface area contributed by atoms with Crippen molar-refractivity contribution >= 4 is 90.7 Å². The number of hydrogen-bond donors (Lipinski definition) is 1.